The fourth-order valence-corrected chi connectivity index (χ4v) is 1.25. The number of hydrogen-bond acceptors (Lipinski definition) is 4. The quantitative estimate of drug-likeness (QED) is 0.604. The van der Waals surface area contributed by atoms with Crippen LogP contribution in [-0.2, 0) is 9.47 Å². The molecule has 1 amide bonds. The number of carbonyl (C=O) groups excluding carboxylic acids is 1. The highest BCUT2D eigenvalue weighted by atomic mass is 16.6. The van der Waals surface area contributed by atoms with Crippen molar-refractivity contribution in [3.05, 3.63) is 0 Å². The molecule has 5 heteroatoms. The van der Waals surface area contributed by atoms with Gasteiger partial charge in [-0.3, -0.25) is 4.90 Å². The van der Waals surface area contributed by atoms with E-state index in [1.807, 2.05) is 6.07 Å². The Balaban J connectivity index is 2.61. The summed E-state index contributed by atoms with van der Waals surface area (Å²) in [4.78, 5) is 13.1. The van der Waals surface area contributed by atoms with E-state index in [1.165, 1.54) is 4.90 Å². The summed E-state index contributed by atoms with van der Waals surface area (Å²) in [7, 11) is 0. The molecule has 0 spiro atoms. The van der Waals surface area contributed by atoms with Crippen molar-refractivity contribution in [3.8, 4) is 6.07 Å². The summed E-state index contributed by atoms with van der Waals surface area (Å²) in [5.41, 5.74) is -0.532. The molecule has 0 aromatic heterocycles. The second-order valence-electron chi connectivity index (χ2n) is 4.39. The van der Waals surface area contributed by atoms with E-state index in [2.05, 4.69) is 0 Å². The normalized spacial score (nSPS) is 22.0. The zero-order valence-electron chi connectivity index (χ0n) is 9.32. The zero-order valence-corrected chi connectivity index (χ0v) is 9.32. The standard InChI is InChI=1S/C10H16N2O3/c1-10(2,3)15-9(13)12-4-5-14-7-8(12)6-11/h8H,4-5,7H2,1-3H3/t8-/m0/s1. The highest BCUT2D eigenvalue weighted by Crippen LogP contribution is 2.13. The molecule has 1 aliphatic rings. The Hall–Kier alpha value is -1.28. The van der Waals surface area contributed by atoms with Gasteiger partial charge in [0.05, 0.1) is 19.3 Å². The smallest absolute Gasteiger partial charge is 0.411 e. The molecule has 1 fully saturated rings. The predicted molar refractivity (Wildman–Crippen MR) is 53.2 cm³/mol. The van der Waals surface area contributed by atoms with Crippen LogP contribution < -0.4 is 0 Å². The molecule has 0 bridgehead atoms. The molecule has 1 atom stereocenters. The first-order chi connectivity index (χ1) is 6.94. The van der Waals surface area contributed by atoms with Crippen LogP contribution in [0.4, 0.5) is 4.79 Å². The van der Waals surface area contributed by atoms with E-state index in [0.717, 1.165) is 0 Å². The van der Waals surface area contributed by atoms with Crippen LogP contribution in [0, 0.1) is 11.3 Å². The number of nitrogens with zero attached hydrogens (tertiary/aromatic N) is 2. The Bertz CT molecular complexity index is 277. The molecule has 84 valence electrons. The van der Waals surface area contributed by atoms with Crippen LogP contribution in [0.5, 0.6) is 0 Å². The van der Waals surface area contributed by atoms with Gasteiger partial charge in [-0.2, -0.15) is 5.26 Å². The summed E-state index contributed by atoms with van der Waals surface area (Å²) >= 11 is 0. The van der Waals surface area contributed by atoms with Gasteiger partial charge in [0.1, 0.15) is 11.6 Å². The van der Waals surface area contributed by atoms with E-state index in [4.69, 9.17) is 14.7 Å². The molecule has 1 saturated heterocycles. The highest BCUT2D eigenvalue weighted by Gasteiger charge is 2.30. The zero-order chi connectivity index (χ0) is 11.5. The van der Waals surface area contributed by atoms with E-state index >= 15 is 0 Å². The average Bonchev–Trinajstić information content (AvgIpc) is 2.15. The van der Waals surface area contributed by atoms with Crippen molar-refractivity contribution < 1.29 is 14.3 Å². The molecule has 15 heavy (non-hydrogen) atoms. The van der Waals surface area contributed by atoms with E-state index < -0.39 is 17.7 Å². The summed E-state index contributed by atoms with van der Waals surface area (Å²) in [5.74, 6) is 0. The molecule has 0 aromatic rings. The Morgan fingerprint density at radius 3 is 2.80 bits per heavy atom. The predicted octanol–water partition coefficient (Wildman–Crippen LogP) is 1.15. The third-order valence-electron chi connectivity index (χ3n) is 1.91. The molecule has 1 rings (SSSR count). The Labute approximate surface area is 89.6 Å². The summed E-state index contributed by atoms with van der Waals surface area (Å²) in [6, 6.07) is 1.49. The third-order valence-corrected chi connectivity index (χ3v) is 1.91. The third kappa shape index (κ3) is 3.40. The van der Waals surface area contributed by atoms with Gasteiger partial charge in [0, 0.05) is 6.54 Å². The van der Waals surface area contributed by atoms with Gasteiger partial charge in [-0.1, -0.05) is 0 Å². The van der Waals surface area contributed by atoms with E-state index in [-0.39, 0.29) is 6.61 Å². The maximum Gasteiger partial charge on any atom is 0.411 e. The van der Waals surface area contributed by atoms with E-state index in [0.29, 0.717) is 13.2 Å². The van der Waals surface area contributed by atoms with Gasteiger partial charge in [0.2, 0.25) is 0 Å². The highest BCUT2D eigenvalue weighted by molar-refractivity contribution is 5.69. The molecular weight excluding hydrogens is 196 g/mol. The van der Waals surface area contributed by atoms with Crippen LogP contribution in [0.3, 0.4) is 0 Å². The van der Waals surface area contributed by atoms with E-state index in [1.54, 1.807) is 20.8 Å². The number of carbonyl (C=O) groups is 1. The van der Waals surface area contributed by atoms with Crippen molar-refractivity contribution in [2.45, 2.75) is 32.4 Å². The summed E-state index contributed by atoms with van der Waals surface area (Å²) in [6.07, 6.45) is -0.447. The summed E-state index contributed by atoms with van der Waals surface area (Å²) in [6.45, 7) is 6.52. The first-order valence-electron chi connectivity index (χ1n) is 4.91. The van der Waals surface area contributed by atoms with Crippen LogP contribution in [-0.4, -0.2) is 42.4 Å². The second kappa shape index (κ2) is 4.49. The Kier molecular flexibility index (Phi) is 3.53. The molecule has 0 N–H and O–H groups in total. The minimum atomic E-state index is -0.534. The molecule has 0 radical (unpaired) electrons. The van der Waals surface area contributed by atoms with Crippen LogP contribution in [0.2, 0.25) is 0 Å². The van der Waals surface area contributed by atoms with Crippen molar-refractivity contribution in [2.75, 3.05) is 19.8 Å². The first-order valence-corrected chi connectivity index (χ1v) is 4.91. The molecule has 5 nitrogen and oxygen atoms in total. The Morgan fingerprint density at radius 1 is 1.60 bits per heavy atom. The monoisotopic (exact) mass is 212 g/mol. The van der Waals surface area contributed by atoms with E-state index in [9.17, 15) is 4.79 Å². The molecule has 1 aliphatic heterocycles. The van der Waals surface area contributed by atoms with Crippen LogP contribution in [0.1, 0.15) is 20.8 Å². The minimum Gasteiger partial charge on any atom is -0.444 e. The van der Waals surface area contributed by atoms with Crippen molar-refractivity contribution in [2.24, 2.45) is 0 Å². The lowest BCUT2D eigenvalue weighted by molar-refractivity contribution is -0.0202. The maximum atomic E-state index is 11.7. The van der Waals surface area contributed by atoms with Gasteiger partial charge in [-0.25, -0.2) is 4.79 Å². The van der Waals surface area contributed by atoms with Gasteiger partial charge in [0.25, 0.3) is 0 Å². The Morgan fingerprint density at radius 2 is 2.27 bits per heavy atom. The second-order valence-corrected chi connectivity index (χ2v) is 4.39. The van der Waals surface area contributed by atoms with Crippen molar-refractivity contribution >= 4 is 6.09 Å². The van der Waals surface area contributed by atoms with Crippen LogP contribution in [0.25, 0.3) is 0 Å². The molecule has 0 aromatic carbocycles. The van der Waals surface area contributed by atoms with Gasteiger partial charge < -0.3 is 9.47 Å². The lowest BCUT2D eigenvalue weighted by Gasteiger charge is -2.33. The molecule has 0 saturated carbocycles. The number of morpholine rings is 1. The van der Waals surface area contributed by atoms with Gasteiger partial charge in [0.15, 0.2) is 0 Å². The molecule has 1 heterocycles. The van der Waals surface area contributed by atoms with Crippen LogP contribution >= 0.6 is 0 Å². The SMILES string of the molecule is CC(C)(C)OC(=O)N1CCOC[C@@H]1C#N. The molecule has 0 aliphatic carbocycles. The summed E-state index contributed by atoms with van der Waals surface area (Å²) < 4.78 is 10.3. The number of hydrogen-bond donors (Lipinski definition) is 0. The average molecular weight is 212 g/mol. The first kappa shape index (κ1) is 11.8. The fourth-order valence-electron chi connectivity index (χ4n) is 1.25. The van der Waals surface area contributed by atoms with Crippen molar-refractivity contribution in [1.29, 1.82) is 5.26 Å². The maximum absolute atomic E-state index is 11.7. The number of amides is 1. The minimum absolute atomic E-state index is 0.260. The fraction of sp³-hybridized carbons (Fsp3) is 0.800. The van der Waals surface area contributed by atoms with Gasteiger partial charge >= 0.3 is 6.09 Å². The summed E-state index contributed by atoms with van der Waals surface area (Å²) in [5, 5.41) is 8.83. The number of ether oxygens (including phenoxy) is 2. The van der Waals surface area contributed by atoms with Crippen molar-refractivity contribution in [3.63, 3.8) is 0 Å². The van der Waals surface area contributed by atoms with Crippen LogP contribution in [0.15, 0.2) is 0 Å². The molecule has 0 unspecified atom stereocenters. The number of nitriles is 1. The lowest BCUT2D eigenvalue weighted by atomic mass is 10.2. The van der Waals surface area contributed by atoms with Crippen molar-refractivity contribution in [1.82, 2.24) is 4.90 Å². The lowest BCUT2D eigenvalue weighted by Crippen LogP contribution is -2.49. The number of rotatable bonds is 0. The van der Waals surface area contributed by atoms with Gasteiger partial charge in [-0.05, 0) is 20.8 Å². The topological polar surface area (TPSA) is 62.6 Å². The molecular formula is C10H16N2O3. The van der Waals surface area contributed by atoms with Gasteiger partial charge in [-0.15, -0.1) is 0 Å². The largest absolute Gasteiger partial charge is 0.444 e.